The topological polar surface area (TPSA) is 79.3 Å². The van der Waals surface area contributed by atoms with Gasteiger partial charge in [0.05, 0.1) is 5.69 Å². The molecule has 0 unspecified atom stereocenters. The number of aromatic nitrogens is 1. The summed E-state index contributed by atoms with van der Waals surface area (Å²) >= 11 is 4.22. The zero-order valence-corrected chi connectivity index (χ0v) is 12.2. The molecule has 5 nitrogen and oxygen atoms in total. The molecule has 2 N–H and O–H groups in total. The monoisotopic (exact) mass is 340 g/mol. The number of hydrogen-bond donors (Lipinski definition) is 2. The van der Waals surface area contributed by atoms with Crippen LogP contribution in [0.15, 0.2) is 28.7 Å². The molecule has 0 aliphatic carbocycles. The molecular weight excluding hydrogens is 332 g/mol. The first-order valence-electron chi connectivity index (χ1n) is 5.25. The van der Waals surface area contributed by atoms with Crippen LogP contribution in [0.5, 0.6) is 0 Å². The summed E-state index contributed by atoms with van der Waals surface area (Å²) < 4.78 is 0.877. The highest BCUT2D eigenvalue weighted by Crippen LogP contribution is 2.23. The number of benzene rings is 1. The fraction of sp³-hybridized carbons (Fsp3) is 0.0833. The molecule has 2 aromatic rings. The summed E-state index contributed by atoms with van der Waals surface area (Å²) in [6.45, 7) is 1.59. The quantitative estimate of drug-likeness (QED) is 0.899. The molecule has 0 aliphatic rings. The number of hydrogen-bond acceptors (Lipinski definition) is 4. The second-order valence-electron chi connectivity index (χ2n) is 3.70. The molecule has 1 aromatic carbocycles. The first kappa shape index (κ1) is 13.7. The Bertz CT molecular complexity index is 637. The first-order chi connectivity index (χ1) is 8.97. The van der Waals surface area contributed by atoms with Gasteiger partial charge in [-0.2, -0.15) is 0 Å². The number of aromatic carboxylic acids is 1. The van der Waals surface area contributed by atoms with Gasteiger partial charge < -0.3 is 5.11 Å². The Balaban J connectivity index is 2.17. The van der Waals surface area contributed by atoms with Crippen LogP contribution in [-0.2, 0) is 0 Å². The maximum absolute atomic E-state index is 11.9. The molecule has 98 valence electrons. The SMILES string of the molecule is Cc1nc(NC(=O)c2ccc(Br)cc2)sc1C(=O)O. The molecule has 2 rings (SSSR count). The van der Waals surface area contributed by atoms with E-state index in [2.05, 4.69) is 26.2 Å². The number of rotatable bonds is 3. The molecule has 19 heavy (non-hydrogen) atoms. The van der Waals surface area contributed by atoms with E-state index in [1.807, 2.05) is 0 Å². The maximum Gasteiger partial charge on any atom is 0.347 e. The predicted octanol–water partition coefficient (Wildman–Crippen LogP) is 3.16. The van der Waals surface area contributed by atoms with Gasteiger partial charge in [0.1, 0.15) is 4.88 Å². The van der Waals surface area contributed by atoms with Crippen molar-refractivity contribution in [2.45, 2.75) is 6.92 Å². The van der Waals surface area contributed by atoms with Crippen molar-refractivity contribution in [3.63, 3.8) is 0 Å². The zero-order chi connectivity index (χ0) is 14.0. The van der Waals surface area contributed by atoms with Crippen molar-refractivity contribution in [1.82, 2.24) is 4.98 Å². The normalized spacial score (nSPS) is 10.2. The van der Waals surface area contributed by atoms with Crippen LogP contribution >= 0.6 is 27.3 Å². The number of amides is 1. The van der Waals surface area contributed by atoms with E-state index in [0.717, 1.165) is 15.8 Å². The Morgan fingerprint density at radius 2 is 1.95 bits per heavy atom. The minimum atomic E-state index is -1.04. The van der Waals surface area contributed by atoms with Crippen molar-refractivity contribution >= 4 is 44.3 Å². The van der Waals surface area contributed by atoms with E-state index in [-0.39, 0.29) is 15.9 Å². The van der Waals surface area contributed by atoms with Crippen LogP contribution in [0.1, 0.15) is 25.7 Å². The molecule has 0 atom stereocenters. The summed E-state index contributed by atoms with van der Waals surface area (Å²) in [7, 11) is 0. The van der Waals surface area contributed by atoms with E-state index in [0.29, 0.717) is 11.3 Å². The minimum Gasteiger partial charge on any atom is -0.477 e. The van der Waals surface area contributed by atoms with Crippen molar-refractivity contribution in [3.8, 4) is 0 Å². The number of carboxylic acid groups (broad SMARTS) is 1. The van der Waals surface area contributed by atoms with Gasteiger partial charge in [-0.3, -0.25) is 10.1 Å². The van der Waals surface area contributed by atoms with Gasteiger partial charge in [0.25, 0.3) is 5.91 Å². The van der Waals surface area contributed by atoms with Crippen LogP contribution in [0, 0.1) is 6.92 Å². The van der Waals surface area contributed by atoms with Crippen LogP contribution in [0.4, 0.5) is 5.13 Å². The lowest BCUT2D eigenvalue weighted by molar-refractivity contribution is 0.0701. The van der Waals surface area contributed by atoms with Crippen LogP contribution in [-0.4, -0.2) is 22.0 Å². The van der Waals surface area contributed by atoms with Gasteiger partial charge in [0, 0.05) is 10.0 Å². The third-order valence-corrected chi connectivity index (χ3v) is 3.91. The number of nitrogens with one attached hydrogen (secondary N) is 1. The predicted molar refractivity (Wildman–Crippen MR) is 75.9 cm³/mol. The lowest BCUT2D eigenvalue weighted by atomic mass is 10.2. The van der Waals surface area contributed by atoms with Gasteiger partial charge in [-0.1, -0.05) is 27.3 Å². The number of carbonyl (C=O) groups is 2. The summed E-state index contributed by atoms with van der Waals surface area (Å²) in [5.41, 5.74) is 0.872. The molecule has 0 saturated carbocycles. The summed E-state index contributed by atoms with van der Waals surface area (Å²) in [6.07, 6.45) is 0. The van der Waals surface area contributed by atoms with Crippen molar-refractivity contribution in [2.24, 2.45) is 0 Å². The van der Waals surface area contributed by atoms with E-state index in [9.17, 15) is 9.59 Å². The number of thiazole rings is 1. The summed E-state index contributed by atoms with van der Waals surface area (Å²) in [5.74, 6) is -1.36. The maximum atomic E-state index is 11.9. The van der Waals surface area contributed by atoms with Gasteiger partial charge >= 0.3 is 5.97 Å². The third-order valence-electron chi connectivity index (χ3n) is 2.32. The highest BCUT2D eigenvalue weighted by molar-refractivity contribution is 9.10. The fourth-order valence-corrected chi connectivity index (χ4v) is 2.48. The Hall–Kier alpha value is -1.73. The molecule has 0 radical (unpaired) electrons. The number of aryl methyl sites for hydroxylation is 1. The van der Waals surface area contributed by atoms with E-state index < -0.39 is 5.97 Å². The number of carbonyl (C=O) groups excluding carboxylic acids is 1. The fourth-order valence-electron chi connectivity index (χ4n) is 1.42. The summed E-state index contributed by atoms with van der Waals surface area (Å²) in [4.78, 5) is 26.9. The first-order valence-corrected chi connectivity index (χ1v) is 6.86. The minimum absolute atomic E-state index is 0.131. The number of carboxylic acids is 1. The lowest BCUT2D eigenvalue weighted by Crippen LogP contribution is -2.11. The average molecular weight is 341 g/mol. The Labute approximate surface area is 121 Å². The second kappa shape index (κ2) is 5.50. The average Bonchev–Trinajstić information content (AvgIpc) is 2.71. The summed E-state index contributed by atoms with van der Waals surface area (Å²) in [5, 5.41) is 11.8. The molecule has 0 spiro atoms. The highest BCUT2D eigenvalue weighted by atomic mass is 79.9. The van der Waals surface area contributed by atoms with Crippen molar-refractivity contribution in [2.75, 3.05) is 5.32 Å². The lowest BCUT2D eigenvalue weighted by Gasteiger charge is -2.01. The van der Waals surface area contributed by atoms with Crippen molar-refractivity contribution in [3.05, 3.63) is 44.9 Å². The standard InChI is InChI=1S/C12H9BrN2O3S/c1-6-9(11(17)18)19-12(14-6)15-10(16)7-2-4-8(13)5-3-7/h2-5H,1H3,(H,17,18)(H,14,15,16). The molecule has 1 heterocycles. The molecule has 1 amide bonds. The third kappa shape index (κ3) is 3.18. The second-order valence-corrected chi connectivity index (χ2v) is 5.61. The van der Waals surface area contributed by atoms with E-state index in [1.165, 1.54) is 0 Å². The molecule has 0 aliphatic heterocycles. The largest absolute Gasteiger partial charge is 0.477 e. The Morgan fingerprint density at radius 1 is 1.32 bits per heavy atom. The van der Waals surface area contributed by atoms with Gasteiger partial charge in [0.15, 0.2) is 5.13 Å². The summed E-state index contributed by atoms with van der Waals surface area (Å²) in [6, 6.07) is 6.84. The smallest absolute Gasteiger partial charge is 0.347 e. The van der Waals surface area contributed by atoms with E-state index in [1.54, 1.807) is 31.2 Å². The molecule has 7 heteroatoms. The van der Waals surface area contributed by atoms with E-state index in [4.69, 9.17) is 5.11 Å². The molecular formula is C12H9BrN2O3S. The van der Waals surface area contributed by atoms with Crippen LogP contribution in [0.2, 0.25) is 0 Å². The molecule has 0 fully saturated rings. The number of nitrogens with zero attached hydrogens (tertiary/aromatic N) is 1. The number of halogens is 1. The van der Waals surface area contributed by atoms with Crippen molar-refractivity contribution < 1.29 is 14.7 Å². The molecule has 0 bridgehead atoms. The van der Waals surface area contributed by atoms with Crippen LogP contribution < -0.4 is 5.32 Å². The van der Waals surface area contributed by atoms with Crippen LogP contribution in [0.3, 0.4) is 0 Å². The molecule has 0 saturated heterocycles. The number of anilines is 1. The Morgan fingerprint density at radius 3 is 2.47 bits per heavy atom. The van der Waals surface area contributed by atoms with Crippen molar-refractivity contribution in [1.29, 1.82) is 0 Å². The van der Waals surface area contributed by atoms with Gasteiger partial charge in [0.2, 0.25) is 0 Å². The van der Waals surface area contributed by atoms with Gasteiger partial charge in [-0.15, -0.1) is 0 Å². The van der Waals surface area contributed by atoms with Gasteiger partial charge in [-0.25, -0.2) is 9.78 Å². The molecule has 1 aromatic heterocycles. The Kier molecular flexibility index (Phi) is 3.96. The highest BCUT2D eigenvalue weighted by Gasteiger charge is 2.15. The zero-order valence-electron chi connectivity index (χ0n) is 9.81. The van der Waals surface area contributed by atoms with Gasteiger partial charge in [-0.05, 0) is 31.2 Å². The van der Waals surface area contributed by atoms with Crippen LogP contribution in [0.25, 0.3) is 0 Å². The van der Waals surface area contributed by atoms with E-state index >= 15 is 0 Å².